The molecule has 0 spiro atoms. The Hall–Kier alpha value is -1.83. The SMILES string of the molecule is Cc1ccnc([C@@H]2CCc3ccccc3N2C)c1. The average molecular weight is 238 g/mol. The van der Waals surface area contributed by atoms with E-state index in [-0.39, 0.29) is 0 Å². The zero-order valence-corrected chi connectivity index (χ0v) is 10.9. The van der Waals surface area contributed by atoms with E-state index in [9.17, 15) is 0 Å². The second-order valence-electron chi connectivity index (χ2n) is 5.05. The highest BCUT2D eigenvalue weighted by Gasteiger charge is 2.25. The molecule has 18 heavy (non-hydrogen) atoms. The summed E-state index contributed by atoms with van der Waals surface area (Å²) >= 11 is 0. The minimum absolute atomic E-state index is 0.403. The van der Waals surface area contributed by atoms with Crippen LogP contribution in [0.25, 0.3) is 0 Å². The third-order valence-corrected chi connectivity index (χ3v) is 3.80. The van der Waals surface area contributed by atoms with Gasteiger partial charge in [0.2, 0.25) is 0 Å². The van der Waals surface area contributed by atoms with Crippen molar-refractivity contribution >= 4 is 5.69 Å². The summed E-state index contributed by atoms with van der Waals surface area (Å²) in [6.07, 6.45) is 4.20. The number of pyridine rings is 1. The van der Waals surface area contributed by atoms with E-state index in [0.29, 0.717) is 6.04 Å². The van der Waals surface area contributed by atoms with Crippen LogP contribution in [0.4, 0.5) is 5.69 Å². The number of rotatable bonds is 1. The van der Waals surface area contributed by atoms with Crippen LogP contribution in [-0.2, 0) is 6.42 Å². The van der Waals surface area contributed by atoms with E-state index in [1.54, 1.807) is 0 Å². The maximum atomic E-state index is 4.54. The van der Waals surface area contributed by atoms with E-state index in [2.05, 4.69) is 60.3 Å². The van der Waals surface area contributed by atoms with Crippen LogP contribution in [0, 0.1) is 6.92 Å². The smallest absolute Gasteiger partial charge is 0.0713 e. The van der Waals surface area contributed by atoms with Gasteiger partial charge >= 0.3 is 0 Å². The van der Waals surface area contributed by atoms with Crippen molar-refractivity contribution in [1.29, 1.82) is 0 Å². The summed E-state index contributed by atoms with van der Waals surface area (Å²) in [7, 11) is 2.17. The van der Waals surface area contributed by atoms with Gasteiger partial charge in [0.1, 0.15) is 0 Å². The van der Waals surface area contributed by atoms with Crippen molar-refractivity contribution in [1.82, 2.24) is 4.98 Å². The lowest BCUT2D eigenvalue weighted by Crippen LogP contribution is -2.29. The highest BCUT2D eigenvalue weighted by molar-refractivity contribution is 5.56. The number of nitrogens with zero attached hydrogens (tertiary/aromatic N) is 2. The molecule has 0 radical (unpaired) electrons. The van der Waals surface area contributed by atoms with Gasteiger partial charge in [-0.25, -0.2) is 0 Å². The topological polar surface area (TPSA) is 16.1 Å². The molecule has 1 aromatic carbocycles. The standard InChI is InChI=1S/C16H18N2/c1-12-9-10-17-14(11-12)16-8-7-13-5-3-4-6-15(13)18(16)2/h3-6,9-11,16H,7-8H2,1-2H3/t16-/m0/s1. The highest BCUT2D eigenvalue weighted by atomic mass is 15.2. The van der Waals surface area contributed by atoms with Crippen molar-refractivity contribution < 1.29 is 0 Å². The molecule has 0 amide bonds. The number of hydrogen-bond acceptors (Lipinski definition) is 2. The Bertz CT molecular complexity index is 563. The molecule has 0 bridgehead atoms. The molecule has 0 N–H and O–H groups in total. The van der Waals surface area contributed by atoms with E-state index >= 15 is 0 Å². The van der Waals surface area contributed by atoms with Crippen LogP contribution in [0.15, 0.2) is 42.6 Å². The van der Waals surface area contributed by atoms with Crippen molar-refractivity contribution in [2.75, 3.05) is 11.9 Å². The molecule has 92 valence electrons. The lowest BCUT2D eigenvalue weighted by Gasteiger charge is -2.35. The Labute approximate surface area is 108 Å². The predicted molar refractivity (Wildman–Crippen MR) is 74.9 cm³/mol. The van der Waals surface area contributed by atoms with Crippen molar-refractivity contribution in [2.45, 2.75) is 25.8 Å². The fourth-order valence-electron chi connectivity index (χ4n) is 2.81. The summed E-state index contributed by atoms with van der Waals surface area (Å²) in [4.78, 5) is 6.91. The maximum Gasteiger partial charge on any atom is 0.0713 e. The van der Waals surface area contributed by atoms with Crippen LogP contribution >= 0.6 is 0 Å². The predicted octanol–water partition coefficient (Wildman–Crippen LogP) is 3.51. The van der Waals surface area contributed by atoms with Gasteiger partial charge < -0.3 is 4.90 Å². The third-order valence-electron chi connectivity index (χ3n) is 3.80. The van der Waals surface area contributed by atoms with Crippen molar-refractivity contribution in [3.63, 3.8) is 0 Å². The minimum Gasteiger partial charge on any atom is -0.366 e. The van der Waals surface area contributed by atoms with Crippen LogP contribution in [0.5, 0.6) is 0 Å². The quantitative estimate of drug-likeness (QED) is 0.755. The van der Waals surface area contributed by atoms with Gasteiger partial charge in [-0.2, -0.15) is 0 Å². The summed E-state index contributed by atoms with van der Waals surface area (Å²) in [5.74, 6) is 0. The van der Waals surface area contributed by atoms with E-state index in [1.807, 2.05) is 6.20 Å². The van der Waals surface area contributed by atoms with Gasteiger partial charge in [0, 0.05) is 18.9 Å². The van der Waals surface area contributed by atoms with Gasteiger partial charge in [0.05, 0.1) is 11.7 Å². The second kappa shape index (κ2) is 4.45. The van der Waals surface area contributed by atoms with Gasteiger partial charge in [-0.05, 0) is 49.1 Å². The first-order valence-corrected chi connectivity index (χ1v) is 6.49. The van der Waals surface area contributed by atoms with Gasteiger partial charge in [-0.15, -0.1) is 0 Å². The number of benzene rings is 1. The number of fused-ring (bicyclic) bond motifs is 1. The zero-order chi connectivity index (χ0) is 12.5. The summed E-state index contributed by atoms with van der Waals surface area (Å²) in [6.45, 7) is 2.13. The molecule has 1 aliphatic heterocycles. The molecule has 0 aliphatic carbocycles. The zero-order valence-electron chi connectivity index (χ0n) is 10.9. The Balaban J connectivity index is 1.97. The third kappa shape index (κ3) is 1.88. The van der Waals surface area contributed by atoms with Crippen LogP contribution in [0.3, 0.4) is 0 Å². The molecule has 0 unspecified atom stereocenters. The first kappa shape index (κ1) is 11.3. The lowest BCUT2D eigenvalue weighted by molar-refractivity contribution is 0.570. The highest BCUT2D eigenvalue weighted by Crippen LogP contribution is 2.36. The summed E-state index contributed by atoms with van der Waals surface area (Å²) in [5, 5.41) is 0. The van der Waals surface area contributed by atoms with Crippen molar-refractivity contribution in [3.05, 3.63) is 59.4 Å². The Morgan fingerprint density at radius 2 is 2.06 bits per heavy atom. The molecule has 2 aromatic rings. The molecule has 1 aromatic heterocycles. The second-order valence-corrected chi connectivity index (χ2v) is 5.05. The molecule has 0 saturated heterocycles. The minimum atomic E-state index is 0.403. The van der Waals surface area contributed by atoms with Crippen LogP contribution < -0.4 is 4.90 Å². The summed E-state index contributed by atoms with van der Waals surface area (Å²) in [5.41, 5.74) is 5.26. The van der Waals surface area contributed by atoms with E-state index < -0.39 is 0 Å². The molecule has 3 rings (SSSR count). The van der Waals surface area contributed by atoms with Crippen molar-refractivity contribution in [3.8, 4) is 0 Å². The molecule has 1 aliphatic rings. The fourth-order valence-corrected chi connectivity index (χ4v) is 2.81. The number of para-hydroxylation sites is 1. The first-order valence-electron chi connectivity index (χ1n) is 6.49. The van der Waals surface area contributed by atoms with E-state index in [1.165, 1.54) is 22.5 Å². The maximum absolute atomic E-state index is 4.54. The molecule has 0 saturated carbocycles. The van der Waals surface area contributed by atoms with Crippen LogP contribution in [0.1, 0.15) is 29.3 Å². The number of aromatic nitrogens is 1. The van der Waals surface area contributed by atoms with E-state index in [4.69, 9.17) is 0 Å². The number of anilines is 1. The summed E-state index contributed by atoms with van der Waals surface area (Å²) in [6, 6.07) is 13.3. The molecule has 0 fully saturated rings. The van der Waals surface area contributed by atoms with E-state index in [0.717, 1.165) is 12.8 Å². The number of aryl methyl sites for hydroxylation is 2. The number of hydrogen-bond donors (Lipinski definition) is 0. The Morgan fingerprint density at radius 3 is 2.89 bits per heavy atom. The largest absolute Gasteiger partial charge is 0.366 e. The normalized spacial score (nSPS) is 18.6. The van der Waals surface area contributed by atoms with Gasteiger partial charge in [-0.3, -0.25) is 4.98 Å². The fraction of sp³-hybridized carbons (Fsp3) is 0.312. The Kier molecular flexibility index (Phi) is 2.78. The lowest BCUT2D eigenvalue weighted by atomic mass is 9.94. The summed E-state index contributed by atoms with van der Waals surface area (Å²) < 4.78 is 0. The molecular weight excluding hydrogens is 220 g/mol. The Morgan fingerprint density at radius 1 is 1.22 bits per heavy atom. The van der Waals surface area contributed by atoms with Gasteiger partial charge in [0.25, 0.3) is 0 Å². The monoisotopic (exact) mass is 238 g/mol. The average Bonchev–Trinajstić information content (AvgIpc) is 2.39. The van der Waals surface area contributed by atoms with Crippen LogP contribution in [0.2, 0.25) is 0 Å². The molecule has 2 heterocycles. The molecular formula is C16H18N2. The molecule has 2 heteroatoms. The van der Waals surface area contributed by atoms with Crippen LogP contribution in [-0.4, -0.2) is 12.0 Å². The molecule has 1 atom stereocenters. The van der Waals surface area contributed by atoms with Gasteiger partial charge in [0.15, 0.2) is 0 Å². The van der Waals surface area contributed by atoms with Gasteiger partial charge in [-0.1, -0.05) is 18.2 Å². The van der Waals surface area contributed by atoms with Crippen molar-refractivity contribution in [2.24, 2.45) is 0 Å². The molecule has 2 nitrogen and oxygen atoms in total. The first-order chi connectivity index (χ1) is 8.75.